The smallest absolute Gasteiger partial charge is 0.407 e. The lowest BCUT2D eigenvalue weighted by Crippen LogP contribution is -2.37. The van der Waals surface area contributed by atoms with Crippen molar-refractivity contribution < 1.29 is 22.3 Å². The zero-order valence-corrected chi connectivity index (χ0v) is 19.4. The van der Waals surface area contributed by atoms with Gasteiger partial charge in [-0.15, -0.1) is 0 Å². The molecule has 1 atom stereocenters. The van der Waals surface area contributed by atoms with E-state index in [2.05, 4.69) is 40.3 Å². The van der Waals surface area contributed by atoms with Crippen molar-refractivity contribution in [3.05, 3.63) is 41.4 Å². The van der Waals surface area contributed by atoms with Crippen LogP contribution in [-0.4, -0.2) is 60.6 Å². The number of H-pyrrole nitrogens is 1. The van der Waals surface area contributed by atoms with E-state index < -0.39 is 21.9 Å². The van der Waals surface area contributed by atoms with Crippen molar-refractivity contribution in [2.24, 2.45) is 0 Å². The van der Waals surface area contributed by atoms with E-state index in [0.29, 0.717) is 17.8 Å². The van der Waals surface area contributed by atoms with Crippen LogP contribution in [0.4, 0.5) is 20.8 Å². The van der Waals surface area contributed by atoms with Crippen LogP contribution in [-0.2, 0) is 14.8 Å². The highest BCUT2D eigenvalue weighted by Crippen LogP contribution is 2.36. The molecule has 1 aromatic carbocycles. The Morgan fingerprint density at radius 3 is 2.79 bits per heavy atom. The first-order valence-electron chi connectivity index (χ1n) is 9.49. The maximum Gasteiger partial charge on any atom is 0.407 e. The third-order valence-electron chi connectivity index (χ3n) is 4.29. The number of rotatable bonds is 8. The molecule has 0 aliphatic rings. The second-order valence-electron chi connectivity index (χ2n) is 7.03. The molecule has 2 heterocycles. The third kappa shape index (κ3) is 6.29. The molecule has 3 rings (SSSR count). The lowest BCUT2D eigenvalue weighted by Gasteiger charge is -2.14. The molecule has 0 bridgehead atoms. The maximum absolute atomic E-state index is 15.1. The van der Waals surface area contributed by atoms with Gasteiger partial charge in [0.15, 0.2) is 5.82 Å². The van der Waals surface area contributed by atoms with Crippen molar-refractivity contribution in [2.45, 2.75) is 13.0 Å². The summed E-state index contributed by atoms with van der Waals surface area (Å²) >= 11 is 6.10. The van der Waals surface area contributed by atoms with Gasteiger partial charge in [0.25, 0.3) is 0 Å². The second-order valence-corrected chi connectivity index (χ2v) is 9.22. The molecule has 0 saturated heterocycles. The molecule has 2 aromatic heterocycles. The van der Waals surface area contributed by atoms with Crippen LogP contribution >= 0.6 is 11.6 Å². The Hall–Kier alpha value is -3.45. The predicted molar refractivity (Wildman–Crippen MR) is 122 cm³/mol. The average Bonchev–Trinajstić information content (AvgIpc) is 3.23. The van der Waals surface area contributed by atoms with E-state index in [1.165, 1.54) is 31.6 Å². The van der Waals surface area contributed by atoms with E-state index in [0.717, 1.165) is 6.26 Å². The lowest BCUT2D eigenvalue weighted by molar-refractivity contribution is 0.168. The SMILES string of the molecule is COC(=O)NC(C)CNc1nccc(-c2cn[nH]c2-c2cc(Cl)cc(NS(C)(=O)=O)c2F)n1. The Morgan fingerprint density at radius 1 is 1.33 bits per heavy atom. The molecule has 1 unspecified atom stereocenters. The highest BCUT2D eigenvalue weighted by atomic mass is 35.5. The Kier molecular flexibility index (Phi) is 7.33. The molecule has 0 fully saturated rings. The summed E-state index contributed by atoms with van der Waals surface area (Å²) in [6.45, 7) is 2.09. The van der Waals surface area contributed by atoms with E-state index in [9.17, 15) is 13.2 Å². The molecule has 0 radical (unpaired) electrons. The first kappa shape index (κ1) is 24.2. The van der Waals surface area contributed by atoms with Crippen molar-refractivity contribution in [1.29, 1.82) is 0 Å². The first-order chi connectivity index (χ1) is 15.6. The van der Waals surface area contributed by atoms with E-state index in [-0.39, 0.29) is 34.0 Å². The number of hydrogen-bond acceptors (Lipinski definition) is 8. The van der Waals surface area contributed by atoms with Crippen LogP contribution in [0.15, 0.2) is 30.6 Å². The Morgan fingerprint density at radius 2 is 2.09 bits per heavy atom. The summed E-state index contributed by atoms with van der Waals surface area (Å²) < 4.78 is 45.0. The number of benzene rings is 1. The molecular formula is C19H21ClFN7O4S. The number of carbonyl (C=O) groups is 1. The molecule has 1 amide bonds. The van der Waals surface area contributed by atoms with E-state index in [4.69, 9.17) is 11.6 Å². The van der Waals surface area contributed by atoms with Gasteiger partial charge in [-0.3, -0.25) is 9.82 Å². The summed E-state index contributed by atoms with van der Waals surface area (Å²) in [7, 11) is -2.46. The van der Waals surface area contributed by atoms with Crippen molar-refractivity contribution in [3.63, 3.8) is 0 Å². The Bertz CT molecular complexity index is 1270. The van der Waals surface area contributed by atoms with Crippen molar-refractivity contribution in [3.8, 4) is 22.5 Å². The number of aromatic amines is 1. The quantitative estimate of drug-likeness (QED) is 0.371. The molecule has 11 nitrogen and oxygen atoms in total. The minimum absolute atomic E-state index is 0.00479. The summed E-state index contributed by atoms with van der Waals surface area (Å²) in [5, 5.41) is 12.4. The third-order valence-corrected chi connectivity index (χ3v) is 5.10. The average molecular weight is 498 g/mol. The number of sulfonamides is 1. The molecule has 0 aliphatic carbocycles. The summed E-state index contributed by atoms with van der Waals surface area (Å²) in [5.74, 6) is -0.561. The van der Waals surface area contributed by atoms with Gasteiger partial charge in [0.05, 0.1) is 36.6 Å². The number of anilines is 2. The summed E-state index contributed by atoms with van der Waals surface area (Å²) in [5.41, 5.74) is 0.814. The number of amides is 1. The van der Waals surface area contributed by atoms with Crippen LogP contribution in [0.5, 0.6) is 0 Å². The minimum Gasteiger partial charge on any atom is -0.453 e. The van der Waals surface area contributed by atoms with Gasteiger partial charge in [0.2, 0.25) is 16.0 Å². The standard InChI is InChI=1S/C19H21ClFN7O4S/c1-10(25-19(29)32-2)8-23-18-22-5-4-14(26-18)13-9-24-27-17(13)12-6-11(20)7-15(16(12)21)28-33(3,30)31/h4-7,9-10,28H,8H2,1-3H3,(H,24,27)(H,25,29)(H,22,23,26). The monoisotopic (exact) mass is 497 g/mol. The van der Waals surface area contributed by atoms with Crippen molar-refractivity contribution in [1.82, 2.24) is 25.5 Å². The summed E-state index contributed by atoms with van der Waals surface area (Å²) in [6.07, 6.45) is 3.30. The van der Waals surface area contributed by atoms with Gasteiger partial charge in [-0.25, -0.2) is 27.6 Å². The van der Waals surface area contributed by atoms with Crippen LogP contribution in [0.2, 0.25) is 5.02 Å². The minimum atomic E-state index is -3.73. The fourth-order valence-corrected chi connectivity index (χ4v) is 3.65. The molecule has 0 spiro atoms. The predicted octanol–water partition coefficient (Wildman–Crippen LogP) is 2.85. The van der Waals surface area contributed by atoms with Gasteiger partial charge < -0.3 is 15.4 Å². The van der Waals surface area contributed by atoms with E-state index in [1.807, 2.05) is 0 Å². The molecule has 3 aromatic rings. The number of hydrogen-bond donors (Lipinski definition) is 4. The molecule has 0 saturated carbocycles. The van der Waals surface area contributed by atoms with Gasteiger partial charge in [0, 0.05) is 34.9 Å². The van der Waals surface area contributed by atoms with Crippen molar-refractivity contribution >= 4 is 39.4 Å². The number of halogens is 2. The number of carbonyl (C=O) groups excluding carboxylic acids is 1. The highest BCUT2D eigenvalue weighted by molar-refractivity contribution is 7.92. The number of ether oxygens (including phenoxy) is 1. The first-order valence-corrected chi connectivity index (χ1v) is 11.8. The summed E-state index contributed by atoms with van der Waals surface area (Å²) in [6, 6.07) is 3.86. The number of nitrogens with one attached hydrogen (secondary N) is 4. The van der Waals surface area contributed by atoms with Crippen LogP contribution in [0.1, 0.15) is 6.92 Å². The molecule has 14 heteroatoms. The molecular weight excluding hydrogens is 477 g/mol. The maximum atomic E-state index is 15.1. The molecule has 0 aliphatic heterocycles. The van der Waals surface area contributed by atoms with Crippen LogP contribution in [0, 0.1) is 5.82 Å². The number of methoxy groups -OCH3 is 1. The Balaban J connectivity index is 1.90. The zero-order chi connectivity index (χ0) is 24.2. The molecule has 33 heavy (non-hydrogen) atoms. The van der Waals surface area contributed by atoms with Gasteiger partial charge in [0.1, 0.15) is 0 Å². The molecule has 4 N–H and O–H groups in total. The van der Waals surface area contributed by atoms with Gasteiger partial charge in [-0.2, -0.15) is 5.10 Å². The number of alkyl carbamates (subject to hydrolysis) is 1. The van der Waals surface area contributed by atoms with Gasteiger partial charge in [-0.1, -0.05) is 11.6 Å². The van der Waals surface area contributed by atoms with Crippen LogP contribution in [0.3, 0.4) is 0 Å². The largest absolute Gasteiger partial charge is 0.453 e. The van der Waals surface area contributed by atoms with Gasteiger partial charge >= 0.3 is 6.09 Å². The molecule has 176 valence electrons. The van der Waals surface area contributed by atoms with Gasteiger partial charge in [-0.05, 0) is 25.1 Å². The number of aromatic nitrogens is 4. The number of nitrogens with zero attached hydrogens (tertiary/aromatic N) is 3. The van der Waals surface area contributed by atoms with E-state index >= 15 is 4.39 Å². The van der Waals surface area contributed by atoms with E-state index in [1.54, 1.807) is 13.0 Å². The Labute approximate surface area is 194 Å². The van der Waals surface area contributed by atoms with Crippen LogP contribution in [0.25, 0.3) is 22.5 Å². The summed E-state index contributed by atoms with van der Waals surface area (Å²) in [4.78, 5) is 19.8. The van der Waals surface area contributed by atoms with Crippen molar-refractivity contribution in [2.75, 3.05) is 29.9 Å². The zero-order valence-electron chi connectivity index (χ0n) is 17.8. The lowest BCUT2D eigenvalue weighted by atomic mass is 10.0. The highest BCUT2D eigenvalue weighted by Gasteiger charge is 2.20. The normalized spacial score (nSPS) is 12.2. The second kappa shape index (κ2) is 10.0. The topological polar surface area (TPSA) is 151 Å². The fourth-order valence-electron chi connectivity index (χ4n) is 2.88. The van der Waals surface area contributed by atoms with Crippen LogP contribution < -0.4 is 15.4 Å². The fraction of sp³-hybridized carbons (Fsp3) is 0.263.